The number of anilines is 2. The molecule has 1 amide bonds. The van der Waals surface area contributed by atoms with Crippen molar-refractivity contribution < 1.29 is 4.79 Å². The maximum Gasteiger partial charge on any atom is 0.266 e. The van der Waals surface area contributed by atoms with Crippen molar-refractivity contribution >= 4 is 28.9 Å². The fourth-order valence-corrected chi connectivity index (χ4v) is 4.26. The van der Waals surface area contributed by atoms with Gasteiger partial charge in [0, 0.05) is 23.5 Å². The van der Waals surface area contributed by atoms with Gasteiger partial charge in [0.25, 0.3) is 5.91 Å². The van der Waals surface area contributed by atoms with Crippen molar-refractivity contribution in [2.24, 2.45) is 0 Å². The van der Waals surface area contributed by atoms with E-state index in [0.29, 0.717) is 5.69 Å². The van der Waals surface area contributed by atoms with Crippen LogP contribution < -0.4 is 10.2 Å². The molecule has 0 aliphatic carbocycles. The number of carbonyl (C=O) groups excluding carboxylic acids is 1. The zero-order valence-corrected chi connectivity index (χ0v) is 19.3. The number of fused-ring (bicyclic) bond motifs is 1. The van der Waals surface area contributed by atoms with Gasteiger partial charge < -0.3 is 10.2 Å². The minimum Gasteiger partial charge on any atom is -0.362 e. The van der Waals surface area contributed by atoms with Gasteiger partial charge in [0.1, 0.15) is 11.6 Å². The van der Waals surface area contributed by atoms with E-state index in [0.717, 1.165) is 35.2 Å². The molecule has 1 N–H and O–H groups in total. The third kappa shape index (κ3) is 4.72. The third-order valence-corrected chi connectivity index (χ3v) is 5.75. The van der Waals surface area contributed by atoms with Gasteiger partial charge in [-0.15, -0.1) is 0 Å². The summed E-state index contributed by atoms with van der Waals surface area (Å²) in [5, 5.41) is 12.5. The van der Waals surface area contributed by atoms with Gasteiger partial charge in [-0.3, -0.25) is 4.79 Å². The molecule has 0 bridgehead atoms. The van der Waals surface area contributed by atoms with E-state index in [1.165, 1.54) is 11.3 Å². The van der Waals surface area contributed by atoms with Crippen LogP contribution in [0.15, 0.2) is 48.0 Å². The average Bonchev–Trinajstić information content (AvgIpc) is 2.69. The first-order valence-electron chi connectivity index (χ1n) is 10.8. The van der Waals surface area contributed by atoms with E-state index in [4.69, 9.17) is 0 Å². The Bertz CT molecular complexity index is 1120. The smallest absolute Gasteiger partial charge is 0.266 e. The molecule has 0 saturated carbocycles. The molecule has 0 aromatic heterocycles. The van der Waals surface area contributed by atoms with Crippen LogP contribution in [0.4, 0.5) is 11.4 Å². The third-order valence-electron chi connectivity index (χ3n) is 5.75. The van der Waals surface area contributed by atoms with Gasteiger partial charge in [-0.2, -0.15) is 5.26 Å². The Balaban J connectivity index is 1.99. The van der Waals surface area contributed by atoms with Crippen LogP contribution in [0.5, 0.6) is 0 Å². The Morgan fingerprint density at radius 1 is 1.19 bits per heavy atom. The first kappa shape index (κ1) is 22.4. The largest absolute Gasteiger partial charge is 0.362 e. The molecule has 0 atom stereocenters. The molecule has 160 valence electrons. The van der Waals surface area contributed by atoms with Crippen LogP contribution in [0, 0.1) is 25.2 Å². The quantitative estimate of drug-likeness (QED) is 0.465. The van der Waals surface area contributed by atoms with Crippen LogP contribution in [0.3, 0.4) is 0 Å². The predicted octanol–water partition coefficient (Wildman–Crippen LogP) is 6.26. The molecule has 2 aromatic carbocycles. The number of carbonyl (C=O) groups is 1. The standard InChI is InChI=1S/C27H31N3O/c1-7-11-30-25-13-19(3)21(15-24(25)20(4)16-27(30,5)6)14-22(17-28)26(31)29-23-10-8-9-18(2)12-23/h8-10,12-16H,7,11H2,1-6H3,(H,29,31)/b22-14+. The second-order valence-corrected chi connectivity index (χ2v) is 8.85. The molecule has 0 unspecified atom stereocenters. The number of benzene rings is 2. The maximum absolute atomic E-state index is 12.7. The molecule has 0 radical (unpaired) electrons. The summed E-state index contributed by atoms with van der Waals surface area (Å²) >= 11 is 0. The molecule has 0 fully saturated rings. The number of aryl methyl sites for hydroxylation is 2. The zero-order chi connectivity index (χ0) is 22.8. The molecule has 0 saturated heterocycles. The van der Waals surface area contributed by atoms with Crippen molar-refractivity contribution in [1.29, 1.82) is 5.26 Å². The number of hydrogen-bond acceptors (Lipinski definition) is 3. The predicted molar refractivity (Wildman–Crippen MR) is 130 cm³/mol. The summed E-state index contributed by atoms with van der Waals surface area (Å²) in [4.78, 5) is 15.2. The van der Waals surface area contributed by atoms with E-state index in [9.17, 15) is 10.1 Å². The number of nitrogens with one attached hydrogen (secondary N) is 1. The summed E-state index contributed by atoms with van der Waals surface area (Å²) in [5.74, 6) is -0.397. The van der Waals surface area contributed by atoms with Gasteiger partial charge in [0.15, 0.2) is 0 Å². The van der Waals surface area contributed by atoms with Gasteiger partial charge >= 0.3 is 0 Å². The minimum absolute atomic E-state index is 0.0532. The summed E-state index contributed by atoms with van der Waals surface area (Å²) in [6, 6.07) is 13.9. The lowest BCUT2D eigenvalue weighted by Gasteiger charge is -2.43. The van der Waals surface area contributed by atoms with Gasteiger partial charge in [-0.05, 0) is 93.6 Å². The highest BCUT2D eigenvalue weighted by Gasteiger charge is 2.31. The van der Waals surface area contributed by atoms with Crippen LogP contribution in [0.25, 0.3) is 11.6 Å². The van der Waals surface area contributed by atoms with E-state index >= 15 is 0 Å². The lowest BCUT2D eigenvalue weighted by atomic mass is 9.86. The Hall–Kier alpha value is -3.32. The molecule has 4 nitrogen and oxygen atoms in total. The molecule has 3 rings (SSSR count). The van der Waals surface area contributed by atoms with E-state index in [2.05, 4.69) is 62.2 Å². The van der Waals surface area contributed by atoms with Crippen molar-refractivity contribution in [3.8, 4) is 6.07 Å². The van der Waals surface area contributed by atoms with E-state index in [1.54, 1.807) is 6.08 Å². The van der Waals surface area contributed by atoms with Crippen LogP contribution in [-0.4, -0.2) is 18.0 Å². The van der Waals surface area contributed by atoms with Crippen LogP contribution >= 0.6 is 0 Å². The number of hydrogen-bond donors (Lipinski definition) is 1. The lowest BCUT2D eigenvalue weighted by molar-refractivity contribution is -0.112. The highest BCUT2D eigenvalue weighted by Crippen LogP contribution is 2.40. The van der Waals surface area contributed by atoms with Crippen LogP contribution in [0.2, 0.25) is 0 Å². The van der Waals surface area contributed by atoms with Gasteiger partial charge in [0.2, 0.25) is 0 Å². The second-order valence-electron chi connectivity index (χ2n) is 8.85. The first-order valence-corrected chi connectivity index (χ1v) is 10.8. The molecule has 4 heteroatoms. The fraction of sp³-hybridized carbons (Fsp3) is 0.333. The van der Waals surface area contributed by atoms with Crippen molar-refractivity contribution in [2.45, 2.75) is 53.5 Å². The molecule has 1 aliphatic heterocycles. The highest BCUT2D eigenvalue weighted by molar-refractivity contribution is 6.09. The molecule has 2 aromatic rings. The average molecular weight is 414 g/mol. The number of allylic oxidation sites excluding steroid dienone is 1. The zero-order valence-electron chi connectivity index (χ0n) is 19.3. The number of nitriles is 1. The van der Waals surface area contributed by atoms with Gasteiger partial charge in [-0.1, -0.05) is 25.1 Å². The Kier molecular flexibility index (Phi) is 6.36. The Labute approximate surface area is 185 Å². The van der Waals surface area contributed by atoms with Gasteiger partial charge in [0.05, 0.1) is 5.54 Å². The number of rotatable bonds is 5. The second kappa shape index (κ2) is 8.81. The van der Waals surface area contributed by atoms with Crippen molar-refractivity contribution in [3.05, 3.63) is 70.3 Å². The highest BCUT2D eigenvalue weighted by atomic mass is 16.1. The summed E-state index contributed by atoms with van der Waals surface area (Å²) in [6.45, 7) is 13.8. The molecule has 31 heavy (non-hydrogen) atoms. The van der Waals surface area contributed by atoms with Gasteiger partial charge in [-0.25, -0.2) is 0 Å². The first-order chi connectivity index (χ1) is 14.7. The topological polar surface area (TPSA) is 56.1 Å². The normalized spacial score (nSPS) is 15.1. The Morgan fingerprint density at radius 3 is 2.58 bits per heavy atom. The maximum atomic E-state index is 12.7. The monoisotopic (exact) mass is 413 g/mol. The molecule has 0 spiro atoms. The number of amides is 1. The SMILES string of the molecule is CCCN1c2cc(C)c(/C=C(\C#N)C(=O)Nc3cccc(C)c3)cc2C(C)=CC1(C)C. The minimum atomic E-state index is -0.397. The van der Waals surface area contributed by atoms with Crippen molar-refractivity contribution in [3.63, 3.8) is 0 Å². The molecule has 1 aliphatic rings. The summed E-state index contributed by atoms with van der Waals surface area (Å²) < 4.78 is 0. The summed E-state index contributed by atoms with van der Waals surface area (Å²) in [7, 11) is 0. The van der Waals surface area contributed by atoms with E-state index in [1.807, 2.05) is 38.1 Å². The molecular formula is C27H31N3O. The van der Waals surface area contributed by atoms with E-state index < -0.39 is 5.91 Å². The lowest BCUT2D eigenvalue weighted by Crippen LogP contribution is -2.45. The molecule has 1 heterocycles. The van der Waals surface area contributed by atoms with Crippen LogP contribution in [-0.2, 0) is 4.79 Å². The Morgan fingerprint density at radius 2 is 1.94 bits per heavy atom. The van der Waals surface area contributed by atoms with E-state index in [-0.39, 0.29) is 11.1 Å². The summed E-state index contributed by atoms with van der Waals surface area (Å²) in [6.07, 6.45) is 5.05. The van der Waals surface area contributed by atoms with Crippen LogP contribution in [0.1, 0.15) is 56.4 Å². The van der Waals surface area contributed by atoms with Crippen molar-refractivity contribution in [1.82, 2.24) is 0 Å². The molecular weight excluding hydrogens is 382 g/mol. The fourth-order valence-electron chi connectivity index (χ4n) is 4.26. The number of nitrogens with zero attached hydrogens (tertiary/aromatic N) is 2. The van der Waals surface area contributed by atoms with Crippen molar-refractivity contribution in [2.75, 3.05) is 16.8 Å². The summed E-state index contributed by atoms with van der Waals surface area (Å²) in [5.41, 5.74) is 7.28.